The summed E-state index contributed by atoms with van der Waals surface area (Å²) in [7, 11) is 1.57. The summed E-state index contributed by atoms with van der Waals surface area (Å²) in [4.78, 5) is 16.6. The summed E-state index contributed by atoms with van der Waals surface area (Å²) in [5, 5.41) is 2.87. The molecule has 118 valence electrons. The van der Waals surface area contributed by atoms with Crippen molar-refractivity contribution in [3.8, 4) is 5.88 Å². The van der Waals surface area contributed by atoms with Gasteiger partial charge in [0.1, 0.15) is 5.60 Å². The third kappa shape index (κ3) is 4.70. The molecule has 5 heteroatoms. The van der Waals surface area contributed by atoms with Crippen LogP contribution in [-0.2, 0) is 9.53 Å². The minimum atomic E-state index is -0.817. The van der Waals surface area contributed by atoms with E-state index in [-0.39, 0.29) is 5.91 Å². The molecule has 1 rings (SSSR count). The quantitative estimate of drug-likeness (QED) is 0.799. The molecule has 1 unspecified atom stereocenters. The van der Waals surface area contributed by atoms with E-state index in [1.165, 1.54) is 0 Å². The van der Waals surface area contributed by atoms with Crippen molar-refractivity contribution in [1.29, 1.82) is 0 Å². The molecule has 5 nitrogen and oxygen atoms in total. The number of hydrogen-bond donors (Lipinski definition) is 1. The second-order valence-electron chi connectivity index (χ2n) is 5.27. The summed E-state index contributed by atoms with van der Waals surface area (Å²) >= 11 is 0. The summed E-state index contributed by atoms with van der Waals surface area (Å²) in [6.07, 6.45) is 4.26. The fraction of sp³-hybridized carbons (Fsp3) is 0.625. The Morgan fingerprint density at radius 2 is 2.14 bits per heavy atom. The predicted molar refractivity (Wildman–Crippen MR) is 83.7 cm³/mol. The number of carbonyl (C=O) groups excluding carboxylic acids is 1. The number of anilines is 1. The zero-order chi connectivity index (χ0) is 15.9. The van der Waals surface area contributed by atoms with Crippen LogP contribution in [0.4, 0.5) is 5.69 Å². The number of pyridine rings is 1. The second kappa shape index (κ2) is 7.98. The molecule has 1 aromatic heterocycles. The van der Waals surface area contributed by atoms with Crippen LogP contribution in [0.15, 0.2) is 12.3 Å². The molecule has 1 aromatic rings. The molecule has 0 radical (unpaired) electrons. The molecular weight excluding hydrogens is 268 g/mol. The number of nitrogens with one attached hydrogen (secondary N) is 1. The average Bonchev–Trinajstić information content (AvgIpc) is 2.47. The lowest BCUT2D eigenvalue weighted by atomic mass is 9.97. The van der Waals surface area contributed by atoms with Crippen molar-refractivity contribution in [2.45, 2.75) is 52.6 Å². The molecule has 0 saturated carbocycles. The SMILES string of the molecule is CCCCC(C)(OC)C(=O)Nc1cnc(OCC)c(C)c1. The molecule has 21 heavy (non-hydrogen) atoms. The first kappa shape index (κ1) is 17.4. The van der Waals surface area contributed by atoms with Crippen molar-refractivity contribution in [1.82, 2.24) is 4.98 Å². The fourth-order valence-electron chi connectivity index (χ4n) is 2.00. The van der Waals surface area contributed by atoms with E-state index in [9.17, 15) is 4.79 Å². The maximum Gasteiger partial charge on any atom is 0.256 e. The Morgan fingerprint density at radius 3 is 2.67 bits per heavy atom. The smallest absolute Gasteiger partial charge is 0.256 e. The highest BCUT2D eigenvalue weighted by atomic mass is 16.5. The number of amides is 1. The third-order valence-corrected chi connectivity index (χ3v) is 3.51. The normalized spacial score (nSPS) is 13.6. The second-order valence-corrected chi connectivity index (χ2v) is 5.27. The van der Waals surface area contributed by atoms with Gasteiger partial charge in [-0.25, -0.2) is 4.98 Å². The Hall–Kier alpha value is -1.62. The Balaban J connectivity index is 2.79. The standard InChI is InChI=1S/C16H26N2O3/c1-6-8-9-16(4,20-5)15(19)18-13-10-12(3)14(17-11-13)21-7-2/h10-11H,6-9H2,1-5H3,(H,18,19). The van der Waals surface area contributed by atoms with Crippen LogP contribution in [0.25, 0.3) is 0 Å². The number of nitrogens with zero attached hydrogens (tertiary/aromatic N) is 1. The molecule has 0 aliphatic heterocycles. The van der Waals surface area contributed by atoms with E-state index in [0.29, 0.717) is 24.6 Å². The summed E-state index contributed by atoms with van der Waals surface area (Å²) < 4.78 is 10.8. The zero-order valence-electron chi connectivity index (χ0n) is 13.7. The van der Waals surface area contributed by atoms with Gasteiger partial charge in [0.05, 0.1) is 18.5 Å². The van der Waals surface area contributed by atoms with Crippen LogP contribution >= 0.6 is 0 Å². The summed E-state index contributed by atoms with van der Waals surface area (Å²) in [5.74, 6) is 0.444. The number of methoxy groups -OCH3 is 1. The molecular formula is C16H26N2O3. The van der Waals surface area contributed by atoms with Gasteiger partial charge in [0.2, 0.25) is 5.88 Å². The van der Waals surface area contributed by atoms with E-state index in [4.69, 9.17) is 9.47 Å². The lowest BCUT2D eigenvalue weighted by Crippen LogP contribution is -2.42. The first-order valence-electron chi connectivity index (χ1n) is 7.42. The van der Waals surface area contributed by atoms with Gasteiger partial charge in [0.25, 0.3) is 5.91 Å². The van der Waals surface area contributed by atoms with E-state index >= 15 is 0 Å². The molecule has 0 aromatic carbocycles. The van der Waals surface area contributed by atoms with Crippen molar-refractivity contribution in [2.24, 2.45) is 0 Å². The molecule has 0 aliphatic rings. The first-order chi connectivity index (χ1) is 9.96. The number of unbranched alkanes of at least 4 members (excludes halogenated alkanes) is 1. The van der Waals surface area contributed by atoms with Crippen molar-refractivity contribution in [2.75, 3.05) is 19.0 Å². The summed E-state index contributed by atoms with van der Waals surface area (Å²) in [6, 6.07) is 1.85. The van der Waals surface area contributed by atoms with E-state index in [2.05, 4.69) is 17.2 Å². The molecule has 1 atom stereocenters. The monoisotopic (exact) mass is 294 g/mol. The largest absolute Gasteiger partial charge is 0.478 e. The van der Waals surface area contributed by atoms with E-state index < -0.39 is 5.60 Å². The molecule has 0 aliphatic carbocycles. The first-order valence-corrected chi connectivity index (χ1v) is 7.42. The fourth-order valence-corrected chi connectivity index (χ4v) is 2.00. The number of carbonyl (C=O) groups is 1. The molecule has 0 spiro atoms. The van der Waals surface area contributed by atoms with Gasteiger partial charge < -0.3 is 14.8 Å². The third-order valence-electron chi connectivity index (χ3n) is 3.51. The van der Waals surface area contributed by atoms with Gasteiger partial charge >= 0.3 is 0 Å². The summed E-state index contributed by atoms with van der Waals surface area (Å²) in [6.45, 7) is 8.29. The van der Waals surface area contributed by atoms with Crippen molar-refractivity contribution in [3.05, 3.63) is 17.8 Å². The van der Waals surface area contributed by atoms with Gasteiger partial charge in [-0.05, 0) is 33.3 Å². The number of aromatic nitrogens is 1. The number of hydrogen-bond acceptors (Lipinski definition) is 4. The Morgan fingerprint density at radius 1 is 1.43 bits per heavy atom. The highest BCUT2D eigenvalue weighted by molar-refractivity contribution is 5.97. The van der Waals surface area contributed by atoms with Crippen molar-refractivity contribution >= 4 is 11.6 Å². The Labute approximate surface area is 127 Å². The molecule has 1 heterocycles. The van der Waals surface area contributed by atoms with Crippen LogP contribution in [0.2, 0.25) is 0 Å². The van der Waals surface area contributed by atoms with Gasteiger partial charge in [-0.15, -0.1) is 0 Å². The summed E-state index contributed by atoms with van der Waals surface area (Å²) in [5.41, 5.74) is 0.728. The molecule has 0 saturated heterocycles. The lowest BCUT2D eigenvalue weighted by molar-refractivity contribution is -0.136. The van der Waals surface area contributed by atoms with Gasteiger partial charge in [-0.2, -0.15) is 0 Å². The zero-order valence-corrected chi connectivity index (χ0v) is 13.7. The van der Waals surface area contributed by atoms with Crippen LogP contribution in [0.3, 0.4) is 0 Å². The molecule has 1 amide bonds. The molecule has 0 fully saturated rings. The maximum absolute atomic E-state index is 12.4. The Bertz CT molecular complexity index is 477. The maximum atomic E-state index is 12.4. The minimum absolute atomic E-state index is 0.149. The predicted octanol–water partition coefficient (Wildman–Crippen LogP) is 3.32. The minimum Gasteiger partial charge on any atom is -0.478 e. The van der Waals surface area contributed by atoms with Gasteiger partial charge in [-0.3, -0.25) is 4.79 Å². The van der Waals surface area contributed by atoms with Crippen LogP contribution in [-0.4, -0.2) is 30.2 Å². The van der Waals surface area contributed by atoms with Crippen molar-refractivity contribution < 1.29 is 14.3 Å². The number of aryl methyl sites for hydroxylation is 1. The highest BCUT2D eigenvalue weighted by Crippen LogP contribution is 2.23. The molecule has 0 bridgehead atoms. The van der Waals surface area contributed by atoms with E-state index in [0.717, 1.165) is 18.4 Å². The van der Waals surface area contributed by atoms with Crippen LogP contribution in [0, 0.1) is 6.92 Å². The van der Waals surface area contributed by atoms with Gasteiger partial charge in [-0.1, -0.05) is 19.8 Å². The van der Waals surface area contributed by atoms with Gasteiger partial charge in [0.15, 0.2) is 0 Å². The van der Waals surface area contributed by atoms with E-state index in [1.54, 1.807) is 13.3 Å². The van der Waals surface area contributed by atoms with Gasteiger partial charge in [0, 0.05) is 12.7 Å². The number of ether oxygens (including phenoxy) is 2. The lowest BCUT2D eigenvalue weighted by Gasteiger charge is -2.26. The average molecular weight is 294 g/mol. The number of rotatable bonds is 8. The highest BCUT2D eigenvalue weighted by Gasteiger charge is 2.32. The Kier molecular flexibility index (Phi) is 6.62. The van der Waals surface area contributed by atoms with E-state index in [1.807, 2.05) is 26.8 Å². The molecule has 1 N–H and O–H groups in total. The van der Waals surface area contributed by atoms with Crippen LogP contribution < -0.4 is 10.1 Å². The van der Waals surface area contributed by atoms with Crippen LogP contribution in [0.5, 0.6) is 5.88 Å². The van der Waals surface area contributed by atoms with Crippen LogP contribution in [0.1, 0.15) is 45.6 Å². The van der Waals surface area contributed by atoms with Crippen molar-refractivity contribution in [3.63, 3.8) is 0 Å². The topological polar surface area (TPSA) is 60.5 Å².